The van der Waals surface area contributed by atoms with Crippen LogP contribution in [0.1, 0.15) is 17.2 Å². The van der Waals surface area contributed by atoms with Gasteiger partial charge in [0.05, 0.1) is 11.1 Å². The molecule has 1 atom stereocenters. The van der Waals surface area contributed by atoms with E-state index in [1.165, 1.54) is 0 Å². The summed E-state index contributed by atoms with van der Waals surface area (Å²) in [4.78, 5) is 4.14. The molecule has 0 saturated carbocycles. The molecule has 0 radical (unpaired) electrons. The lowest BCUT2D eigenvalue weighted by Crippen LogP contribution is -2.13. The van der Waals surface area contributed by atoms with Gasteiger partial charge in [0.2, 0.25) is 0 Å². The van der Waals surface area contributed by atoms with Crippen molar-refractivity contribution in [2.45, 2.75) is 6.04 Å². The van der Waals surface area contributed by atoms with Gasteiger partial charge in [0.1, 0.15) is 0 Å². The lowest BCUT2D eigenvalue weighted by atomic mass is 9.95. The maximum atomic E-state index is 6.43. The van der Waals surface area contributed by atoms with E-state index in [1.807, 2.05) is 48.7 Å². The summed E-state index contributed by atoms with van der Waals surface area (Å²) in [6, 6.07) is 13.6. The van der Waals surface area contributed by atoms with E-state index in [9.17, 15) is 0 Å². The molecule has 0 spiro atoms. The summed E-state index contributed by atoms with van der Waals surface area (Å²) < 4.78 is 0.856. The maximum Gasteiger partial charge on any atom is 0.0599 e. The van der Waals surface area contributed by atoms with Crippen LogP contribution in [0.15, 0.2) is 59.3 Å². The highest BCUT2D eigenvalue weighted by atomic mass is 79.9. The molecular weight excluding hydrogens is 336 g/mol. The molecule has 0 aliphatic heterocycles. The molecule has 0 bridgehead atoms. The summed E-state index contributed by atoms with van der Waals surface area (Å²) in [5, 5.41) is 2.84. The molecule has 0 aliphatic carbocycles. The second-order valence-corrected chi connectivity index (χ2v) is 5.80. The van der Waals surface area contributed by atoms with E-state index in [-0.39, 0.29) is 6.04 Å². The van der Waals surface area contributed by atoms with E-state index >= 15 is 0 Å². The zero-order chi connectivity index (χ0) is 14.1. The largest absolute Gasteiger partial charge is 0.320 e. The highest BCUT2D eigenvalue weighted by molar-refractivity contribution is 9.10. The van der Waals surface area contributed by atoms with E-state index < -0.39 is 0 Å². The van der Waals surface area contributed by atoms with Gasteiger partial charge in [-0.15, -0.1) is 0 Å². The van der Waals surface area contributed by atoms with Gasteiger partial charge in [-0.25, -0.2) is 0 Å². The SMILES string of the molecule is NC(c1cccc(Br)c1Cl)c1cccc2cnccc12. The first kappa shape index (κ1) is 13.6. The van der Waals surface area contributed by atoms with Crippen LogP contribution in [0.4, 0.5) is 0 Å². The second kappa shape index (κ2) is 5.52. The van der Waals surface area contributed by atoms with Gasteiger partial charge in [-0.2, -0.15) is 0 Å². The number of nitrogens with two attached hydrogens (primary N) is 1. The molecule has 1 aromatic heterocycles. The van der Waals surface area contributed by atoms with Crippen LogP contribution >= 0.6 is 27.5 Å². The number of hydrogen-bond donors (Lipinski definition) is 1. The first-order valence-electron chi connectivity index (χ1n) is 6.20. The van der Waals surface area contributed by atoms with E-state index in [1.54, 1.807) is 6.20 Å². The normalized spacial score (nSPS) is 12.6. The highest BCUT2D eigenvalue weighted by Gasteiger charge is 2.16. The zero-order valence-electron chi connectivity index (χ0n) is 10.6. The topological polar surface area (TPSA) is 38.9 Å². The van der Waals surface area contributed by atoms with Crippen molar-refractivity contribution in [3.8, 4) is 0 Å². The molecule has 2 nitrogen and oxygen atoms in total. The second-order valence-electron chi connectivity index (χ2n) is 4.56. The van der Waals surface area contributed by atoms with E-state index in [2.05, 4.69) is 20.9 Å². The standard InChI is InChI=1S/C16H12BrClN2/c17-14-6-2-5-13(15(14)18)16(19)12-4-1-3-10-9-20-8-7-11(10)12/h1-9,16H,19H2. The molecular formula is C16H12BrClN2. The number of aromatic nitrogens is 1. The van der Waals surface area contributed by atoms with Crippen molar-refractivity contribution in [1.29, 1.82) is 0 Å². The molecule has 0 aliphatic rings. The van der Waals surface area contributed by atoms with Gasteiger partial charge < -0.3 is 5.73 Å². The third-order valence-corrected chi connectivity index (χ3v) is 4.68. The van der Waals surface area contributed by atoms with Gasteiger partial charge in [-0.3, -0.25) is 4.98 Å². The molecule has 3 aromatic rings. The minimum absolute atomic E-state index is 0.272. The van der Waals surface area contributed by atoms with Crippen LogP contribution in [0.2, 0.25) is 5.02 Å². The lowest BCUT2D eigenvalue weighted by Gasteiger charge is -2.17. The summed E-state index contributed by atoms with van der Waals surface area (Å²) in [5.41, 5.74) is 8.38. The molecule has 0 amide bonds. The molecule has 0 fully saturated rings. The van der Waals surface area contributed by atoms with Crippen molar-refractivity contribution < 1.29 is 0 Å². The number of pyridine rings is 1. The number of fused-ring (bicyclic) bond motifs is 1. The van der Waals surface area contributed by atoms with Crippen LogP contribution in [0.5, 0.6) is 0 Å². The van der Waals surface area contributed by atoms with Gasteiger partial charge in [0.25, 0.3) is 0 Å². The Labute approximate surface area is 130 Å². The third kappa shape index (κ3) is 2.33. The van der Waals surface area contributed by atoms with Crippen molar-refractivity contribution in [1.82, 2.24) is 4.98 Å². The lowest BCUT2D eigenvalue weighted by molar-refractivity contribution is 0.880. The van der Waals surface area contributed by atoms with E-state index in [0.717, 1.165) is 26.4 Å². The quantitative estimate of drug-likeness (QED) is 0.730. The van der Waals surface area contributed by atoms with Crippen molar-refractivity contribution in [2.75, 3.05) is 0 Å². The van der Waals surface area contributed by atoms with Crippen LogP contribution in [-0.2, 0) is 0 Å². The van der Waals surface area contributed by atoms with Gasteiger partial charge in [0.15, 0.2) is 0 Å². The fourth-order valence-corrected chi connectivity index (χ4v) is 2.97. The minimum Gasteiger partial charge on any atom is -0.320 e. The summed E-state index contributed by atoms with van der Waals surface area (Å²) in [6.45, 7) is 0. The fraction of sp³-hybridized carbons (Fsp3) is 0.0625. The van der Waals surface area contributed by atoms with Gasteiger partial charge in [-0.05, 0) is 44.6 Å². The van der Waals surface area contributed by atoms with Crippen molar-refractivity contribution in [2.24, 2.45) is 5.73 Å². The van der Waals surface area contributed by atoms with Crippen LogP contribution < -0.4 is 5.73 Å². The minimum atomic E-state index is -0.272. The predicted molar refractivity (Wildman–Crippen MR) is 86.9 cm³/mol. The third-order valence-electron chi connectivity index (χ3n) is 3.37. The van der Waals surface area contributed by atoms with Crippen molar-refractivity contribution in [3.05, 3.63) is 75.5 Å². The Morgan fingerprint density at radius 2 is 1.80 bits per heavy atom. The zero-order valence-corrected chi connectivity index (χ0v) is 12.9. The van der Waals surface area contributed by atoms with Crippen LogP contribution in [0.3, 0.4) is 0 Å². The summed E-state index contributed by atoms with van der Waals surface area (Å²) in [7, 11) is 0. The Morgan fingerprint density at radius 3 is 2.65 bits per heavy atom. The fourth-order valence-electron chi connectivity index (χ4n) is 2.35. The Hall–Kier alpha value is -1.42. The number of hydrogen-bond acceptors (Lipinski definition) is 2. The van der Waals surface area contributed by atoms with E-state index in [4.69, 9.17) is 17.3 Å². The maximum absolute atomic E-state index is 6.43. The Morgan fingerprint density at radius 1 is 1.05 bits per heavy atom. The predicted octanol–water partition coefficient (Wildman–Crippen LogP) is 4.70. The molecule has 1 unspecified atom stereocenters. The molecule has 1 heterocycles. The van der Waals surface area contributed by atoms with Crippen molar-refractivity contribution in [3.63, 3.8) is 0 Å². The van der Waals surface area contributed by atoms with Gasteiger partial charge >= 0.3 is 0 Å². The average Bonchev–Trinajstić information content (AvgIpc) is 2.49. The van der Waals surface area contributed by atoms with E-state index in [0.29, 0.717) is 5.02 Å². The summed E-state index contributed by atoms with van der Waals surface area (Å²) in [5.74, 6) is 0. The molecule has 3 rings (SSSR count). The Bertz CT molecular complexity index is 768. The van der Waals surface area contributed by atoms with Crippen LogP contribution in [-0.4, -0.2) is 4.98 Å². The first-order chi connectivity index (χ1) is 9.68. The number of benzene rings is 2. The molecule has 2 N–H and O–H groups in total. The Kier molecular flexibility index (Phi) is 3.74. The molecule has 4 heteroatoms. The molecule has 0 saturated heterocycles. The monoisotopic (exact) mass is 346 g/mol. The number of nitrogens with zero attached hydrogens (tertiary/aromatic N) is 1. The van der Waals surface area contributed by atoms with Crippen LogP contribution in [0.25, 0.3) is 10.8 Å². The average molecular weight is 348 g/mol. The van der Waals surface area contributed by atoms with Crippen LogP contribution in [0, 0.1) is 0 Å². The highest BCUT2D eigenvalue weighted by Crippen LogP contribution is 2.34. The Balaban J connectivity index is 2.18. The van der Waals surface area contributed by atoms with Gasteiger partial charge in [0, 0.05) is 22.3 Å². The number of rotatable bonds is 2. The smallest absolute Gasteiger partial charge is 0.0599 e. The summed E-state index contributed by atoms with van der Waals surface area (Å²) >= 11 is 9.79. The molecule has 100 valence electrons. The van der Waals surface area contributed by atoms with Crippen molar-refractivity contribution >= 4 is 38.3 Å². The molecule has 2 aromatic carbocycles. The number of halogens is 2. The summed E-state index contributed by atoms with van der Waals surface area (Å²) in [6.07, 6.45) is 3.62. The first-order valence-corrected chi connectivity index (χ1v) is 7.37. The molecule has 20 heavy (non-hydrogen) atoms. The van der Waals surface area contributed by atoms with Gasteiger partial charge in [-0.1, -0.05) is 41.9 Å².